The smallest absolute Gasteiger partial charge is 0.338 e. The molecule has 0 aromatic heterocycles. The first-order valence-electron chi connectivity index (χ1n) is 11.0. The second-order valence-corrected chi connectivity index (χ2v) is 9.37. The van der Waals surface area contributed by atoms with Gasteiger partial charge in [-0.3, -0.25) is 4.79 Å². The minimum absolute atomic E-state index is 0.0487. The Morgan fingerprint density at radius 1 is 1.21 bits per heavy atom. The molecule has 29 heavy (non-hydrogen) atoms. The van der Waals surface area contributed by atoms with E-state index in [9.17, 15) is 9.59 Å². The summed E-state index contributed by atoms with van der Waals surface area (Å²) in [4.78, 5) is 24.6. The van der Waals surface area contributed by atoms with Crippen LogP contribution in [0.15, 0.2) is 30.3 Å². The Morgan fingerprint density at radius 3 is 2.69 bits per heavy atom. The van der Waals surface area contributed by atoms with Crippen molar-refractivity contribution in [2.75, 3.05) is 0 Å². The molecule has 5 heteroatoms. The fourth-order valence-electron chi connectivity index (χ4n) is 6.08. The monoisotopic (exact) mass is 400 g/mol. The molecule has 0 bridgehead atoms. The third kappa shape index (κ3) is 3.94. The van der Waals surface area contributed by atoms with Crippen LogP contribution in [0.5, 0.6) is 0 Å². The maximum Gasteiger partial charge on any atom is 0.338 e. The van der Waals surface area contributed by atoms with E-state index in [0.29, 0.717) is 23.8 Å². The Kier molecular flexibility index (Phi) is 5.69. The molecule has 1 aliphatic heterocycles. The average Bonchev–Trinajstić information content (AvgIpc) is 3.05. The Morgan fingerprint density at radius 2 is 1.97 bits per heavy atom. The van der Waals surface area contributed by atoms with E-state index in [2.05, 4.69) is 13.8 Å². The lowest BCUT2D eigenvalue weighted by molar-refractivity contribution is -0.235. The lowest BCUT2D eigenvalue weighted by Crippen LogP contribution is -2.47. The highest BCUT2D eigenvalue weighted by molar-refractivity contribution is 5.89. The van der Waals surface area contributed by atoms with Crippen LogP contribution in [0.2, 0.25) is 0 Å². The van der Waals surface area contributed by atoms with Crippen molar-refractivity contribution in [3.8, 4) is 0 Å². The number of carbonyl (C=O) groups excluding carboxylic acids is 2. The van der Waals surface area contributed by atoms with E-state index in [-0.39, 0.29) is 35.5 Å². The van der Waals surface area contributed by atoms with Gasteiger partial charge < -0.3 is 14.2 Å². The molecule has 1 saturated heterocycles. The second-order valence-electron chi connectivity index (χ2n) is 9.37. The molecular weight excluding hydrogens is 368 g/mol. The van der Waals surface area contributed by atoms with Crippen molar-refractivity contribution in [1.29, 1.82) is 0 Å². The highest BCUT2D eigenvalue weighted by Crippen LogP contribution is 2.59. The Balaban J connectivity index is 1.47. The first kappa shape index (κ1) is 20.4. The van der Waals surface area contributed by atoms with E-state index in [4.69, 9.17) is 14.2 Å². The van der Waals surface area contributed by atoms with Crippen molar-refractivity contribution in [2.24, 2.45) is 23.2 Å². The van der Waals surface area contributed by atoms with Gasteiger partial charge in [-0.25, -0.2) is 4.79 Å². The molecule has 4 rings (SSSR count). The molecule has 0 N–H and O–H groups in total. The first-order valence-corrected chi connectivity index (χ1v) is 11.0. The summed E-state index contributed by atoms with van der Waals surface area (Å²) in [5.74, 6) is 0.454. The van der Waals surface area contributed by atoms with Crippen LogP contribution in [-0.2, 0) is 19.0 Å². The topological polar surface area (TPSA) is 61.8 Å². The van der Waals surface area contributed by atoms with Gasteiger partial charge in [-0.1, -0.05) is 32.0 Å². The van der Waals surface area contributed by atoms with Gasteiger partial charge in [0, 0.05) is 11.8 Å². The van der Waals surface area contributed by atoms with Crippen LogP contribution in [0, 0.1) is 23.2 Å². The van der Waals surface area contributed by atoms with Crippen molar-refractivity contribution in [3.63, 3.8) is 0 Å². The SMILES string of the molecule is C[C@H]([C@H]1OC(=O)C[C@@H](C)O1)[C@H]1CC[C@H]2[C@@H](OC(=O)c3ccccc3)CCC[C@]12C. The summed E-state index contributed by atoms with van der Waals surface area (Å²) in [5, 5.41) is 0. The van der Waals surface area contributed by atoms with Crippen molar-refractivity contribution in [2.45, 2.75) is 77.8 Å². The minimum atomic E-state index is -0.473. The predicted molar refractivity (Wildman–Crippen MR) is 108 cm³/mol. The highest BCUT2D eigenvalue weighted by Gasteiger charge is 2.55. The van der Waals surface area contributed by atoms with Gasteiger partial charge in [0.2, 0.25) is 6.29 Å². The van der Waals surface area contributed by atoms with Crippen molar-refractivity contribution in [3.05, 3.63) is 35.9 Å². The number of carbonyl (C=O) groups is 2. The number of benzene rings is 1. The largest absolute Gasteiger partial charge is 0.458 e. The first-order chi connectivity index (χ1) is 13.9. The van der Waals surface area contributed by atoms with Crippen LogP contribution in [0.1, 0.15) is 69.7 Å². The number of fused-ring (bicyclic) bond motifs is 1. The number of esters is 2. The van der Waals surface area contributed by atoms with Gasteiger partial charge in [-0.05, 0) is 62.5 Å². The molecule has 1 heterocycles. The molecule has 1 aromatic carbocycles. The van der Waals surface area contributed by atoms with Gasteiger partial charge in [0.1, 0.15) is 6.10 Å². The summed E-state index contributed by atoms with van der Waals surface area (Å²) in [6.45, 7) is 6.41. The second kappa shape index (κ2) is 8.10. The van der Waals surface area contributed by atoms with Gasteiger partial charge in [-0.2, -0.15) is 0 Å². The van der Waals surface area contributed by atoms with Crippen LogP contribution in [-0.4, -0.2) is 30.4 Å². The lowest BCUT2D eigenvalue weighted by Gasteiger charge is -2.47. The van der Waals surface area contributed by atoms with Crippen molar-refractivity contribution in [1.82, 2.24) is 0 Å². The molecular formula is C24H32O5. The van der Waals surface area contributed by atoms with Crippen LogP contribution < -0.4 is 0 Å². The summed E-state index contributed by atoms with van der Waals surface area (Å²) in [6, 6.07) is 9.24. The van der Waals surface area contributed by atoms with Gasteiger partial charge in [0.25, 0.3) is 0 Å². The van der Waals surface area contributed by atoms with Crippen LogP contribution in [0.4, 0.5) is 0 Å². The standard InChI is InChI=1S/C24H32O5/c1-15-14-21(25)29-23(27-15)16(2)18-11-12-19-20(10-7-13-24(18,19)3)28-22(26)17-8-5-4-6-9-17/h4-6,8-9,15-16,18-20,23H,7,10-14H2,1-3H3/t15-,16+,18-,19+,20+,23-,24-/m1/s1. The molecule has 0 radical (unpaired) electrons. The van der Waals surface area contributed by atoms with Crippen molar-refractivity contribution >= 4 is 11.9 Å². The maximum atomic E-state index is 12.6. The molecule has 1 aromatic rings. The molecule has 0 spiro atoms. The quantitative estimate of drug-likeness (QED) is 0.683. The van der Waals surface area contributed by atoms with E-state index in [1.165, 1.54) is 0 Å². The van der Waals surface area contributed by atoms with Gasteiger partial charge in [0.15, 0.2) is 0 Å². The zero-order valence-electron chi connectivity index (χ0n) is 17.6. The van der Waals surface area contributed by atoms with E-state index in [1.807, 2.05) is 25.1 Å². The lowest BCUT2D eigenvalue weighted by atomic mass is 9.61. The molecule has 3 fully saturated rings. The zero-order chi connectivity index (χ0) is 20.6. The number of cyclic esters (lactones) is 1. The molecule has 7 atom stereocenters. The van der Waals surface area contributed by atoms with E-state index in [1.54, 1.807) is 12.1 Å². The number of rotatable bonds is 4. The molecule has 0 unspecified atom stereocenters. The Hall–Kier alpha value is -1.88. The average molecular weight is 401 g/mol. The highest BCUT2D eigenvalue weighted by atomic mass is 16.7. The summed E-state index contributed by atoms with van der Waals surface area (Å²) < 4.78 is 17.5. The van der Waals surface area contributed by atoms with E-state index < -0.39 is 6.29 Å². The molecule has 5 nitrogen and oxygen atoms in total. The molecule has 2 aliphatic carbocycles. The zero-order valence-corrected chi connectivity index (χ0v) is 17.6. The van der Waals surface area contributed by atoms with Crippen LogP contribution in [0.3, 0.4) is 0 Å². The van der Waals surface area contributed by atoms with Crippen molar-refractivity contribution < 1.29 is 23.8 Å². The van der Waals surface area contributed by atoms with E-state index >= 15 is 0 Å². The predicted octanol–water partition coefficient (Wildman–Crippen LogP) is 4.74. The molecule has 158 valence electrons. The summed E-state index contributed by atoms with van der Waals surface area (Å²) in [6.07, 6.45) is 4.87. The summed E-state index contributed by atoms with van der Waals surface area (Å²) >= 11 is 0. The van der Waals surface area contributed by atoms with Gasteiger partial charge in [-0.15, -0.1) is 0 Å². The van der Waals surface area contributed by atoms with Gasteiger partial charge >= 0.3 is 11.9 Å². The minimum Gasteiger partial charge on any atom is -0.458 e. The molecule has 3 aliphatic rings. The Labute approximate surface area is 173 Å². The van der Waals surface area contributed by atoms with Crippen LogP contribution >= 0.6 is 0 Å². The van der Waals surface area contributed by atoms with Gasteiger partial charge in [0.05, 0.1) is 18.1 Å². The fourth-order valence-corrected chi connectivity index (χ4v) is 6.08. The number of ether oxygens (including phenoxy) is 3. The fraction of sp³-hybridized carbons (Fsp3) is 0.667. The normalized spacial score (nSPS) is 38.0. The summed E-state index contributed by atoms with van der Waals surface area (Å²) in [7, 11) is 0. The van der Waals surface area contributed by atoms with E-state index in [0.717, 1.165) is 32.1 Å². The third-order valence-electron chi connectivity index (χ3n) is 7.54. The third-order valence-corrected chi connectivity index (χ3v) is 7.54. The number of hydrogen-bond donors (Lipinski definition) is 0. The molecule has 0 amide bonds. The molecule has 2 saturated carbocycles. The maximum absolute atomic E-state index is 12.6. The number of hydrogen-bond acceptors (Lipinski definition) is 5. The van der Waals surface area contributed by atoms with Crippen LogP contribution in [0.25, 0.3) is 0 Å². The summed E-state index contributed by atoms with van der Waals surface area (Å²) in [5.41, 5.74) is 0.676. The Bertz CT molecular complexity index is 747.